The summed E-state index contributed by atoms with van der Waals surface area (Å²) < 4.78 is 98.3. The Kier molecular flexibility index (Phi) is 17.5. The van der Waals surface area contributed by atoms with Gasteiger partial charge in [-0.2, -0.15) is 0 Å². The SMILES string of the molecule is CN1C(=O)[C@@]2(O)[C@@H](OC(=O)OC(C)(C)C)[C@]3(C4=CCc5ccccc54)c4ccccc4N(S(=O)(=O)c4ccccc4)[C@@H]3N2C(=O)[C@H]1O.CN1C(=O)[C@@]2(OC(=O)C(C)(C)C)[C@@H](OC(=O)OC(C)(C)C)[C@]3(C4=CCc5ccccc54)c4ccccc4N(S(=O)(=O)c4ccccc4)[C@@H]3N2C(=O)[C@H]1OC(=O)C(C)(C)C. The molecule has 6 aliphatic heterocycles. The molecular formula is C78H82N6O20S2. The van der Waals surface area contributed by atoms with E-state index in [9.17, 15) is 47.4 Å². The fourth-order valence-electron chi connectivity index (χ4n) is 15.7. The number of fused-ring (bicyclic) bond motifs is 12. The van der Waals surface area contributed by atoms with Gasteiger partial charge < -0.3 is 43.5 Å². The van der Waals surface area contributed by atoms with Gasteiger partial charge in [0.2, 0.25) is 6.23 Å². The van der Waals surface area contributed by atoms with Crippen LogP contribution in [0.1, 0.15) is 116 Å². The number of aliphatic hydroxyl groups excluding tert-OH is 1. The summed E-state index contributed by atoms with van der Waals surface area (Å²) >= 11 is 0. The topological polar surface area (TPSA) is 320 Å². The number of hydrogen-bond acceptors (Lipinski definition) is 20. The summed E-state index contributed by atoms with van der Waals surface area (Å²) in [7, 11) is -6.95. The zero-order valence-corrected chi connectivity index (χ0v) is 62.4. The summed E-state index contributed by atoms with van der Waals surface area (Å²) in [6.45, 7) is 19.0. The Labute approximate surface area is 613 Å². The third-order valence-electron chi connectivity index (χ3n) is 20.1. The van der Waals surface area contributed by atoms with E-state index in [1.165, 1.54) is 52.1 Å². The van der Waals surface area contributed by atoms with E-state index >= 15 is 18.0 Å². The number of benzene rings is 6. The van der Waals surface area contributed by atoms with Gasteiger partial charge in [0.05, 0.1) is 32.0 Å². The lowest BCUT2D eigenvalue weighted by atomic mass is 9.67. The van der Waals surface area contributed by atoms with Gasteiger partial charge in [-0.15, -0.1) is 0 Å². The number of sulfonamides is 2. The number of allylic oxidation sites excluding steroid dienone is 2. The Morgan fingerprint density at radius 2 is 0.868 bits per heavy atom. The van der Waals surface area contributed by atoms with Crippen LogP contribution in [0.5, 0.6) is 0 Å². The van der Waals surface area contributed by atoms with Crippen LogP contribution in [0, 0.1) is 10.8 Å². The lowest BCUT2D eigenvalue weighted by molar-refractivity contribution is -0.239. The minimum atomic E-state index is -4.72. The molecule has 0 aromatic heterocycles. The van der Waals surface area contributed by atoms with Crippen LogP contribution in [0.4, 0.5) is 21.0 Å². The van der Waals surface area contributed by atoms with Gasteiger partial charge in [0.25, 0.3) is 55.6 Å². The van der Waals surface area contributed by atoms with Crippen molar-refractivity contribution in [3.63, 3.8) is 0 Å². The minimum Gasteiger partial charge on any atom is -0.431 e. The highest BCUT2D eigenvalue weighted by molar-refractivity contribution is 7.93. The first kappa shape index (κ1) is 73.9. The molecule has 28 heteroatoms. The zero-order valence-electron chi connectivity index (χ0n) is 60.8. The van der Waals surface area contributed by atoms with Crippen LogP contribution >= 0.6 is 0 Å². The summed E-state index contributed by atoms with van der Waals surface area (Å²) in [4.78, 5) is 118. The maximum Gasteiger partial charge on any atom is 0.509 e. The highest BCUT2D eigenvalue weighted by atomic mass is 32.2. The van der Waals surface area contributed by atoms with Crippen molar-refractivity contribution < 1.29 is 93.8 Å². The van der Waals surface area contributed by atoms with Crippen molar-refractivity contribution in [3.05, 3.63) is 203 Å². The van der Waals surface area contributed by atoms with Gasteiger partial charge in [-0.1, -0.05) is 133 Å². The number of hydrogen-bond donors (Lipinski definition) is 2. The average Bonchev–Trinajstić information content (AvgIpc) is 1.48. The van der Waals surface area contributed by atoms with Gasteiger partial charge in [0, 0.05) is 14.1 Å². The van der Waals surface area contributed by atoms with Crippen molar-refractivity contribution in [1.29, 1.82) is 0 Å². The van der Waals surface area contributed by atoms with Gasteiger partial charge in [0.15, 0.2) is 12.2 Å². The number of rotatable bonds is 10. The third-order valence-corrected chi connectivity index (χ3v) is 23.7. The molecule has 26 nitrogen and oxygen atoms in total. The molecule has 6 aromatic rings. The zero-order chi connectivity index (χ0) is 76.9. The maximum absolute atomic E-state index is 15.7. The number of carbonyl (C=O) groups is 8. The largest absolute Gasteiger partial charge is 0.509 e. The summed E-state index contributed by atoms with van der Waals surface area (Å²) in [6, 6.07) is 42.7. The number of likely N-dealkylation sites (N-methyl/N-ethyl adjacent to an activating group) is 2. The van der Waals surface area contributed by atoms with Gasteiger partial charge >= 0.3 is 30.0 Å². The van der Waals surface area contributed by atoms with E-state index in [1.807, 2.05) is 48.6 Å². The van der Waals surface area contributed by atoms with E-state index < -0.39 is 149 Å². The molecule has 14 rings (SSSR count). The molecule has 106 heavy (non-hydrogen) atoms. The fourth-order valence-corrected chi connectivity index (χ4v) is 19.1. The Bertz CT molecular complexity index is 5000. The molecule has 0 unspecified atom stereocenters. The number of carbonyl (C=O) groups excluding carboxylic acids is 8. The van der Waals surface area contributed by atoms with Crippen molar-refractivity contribution in [3.8, 4) is 0 Å². The summed E-state index contributed by atoms with van der Waals surface area (Å²) in [6.07, 6.45) is -9.69. The first-order valence-electron chi connectivity index (χ1n) is 34.4. The number of para-hydroxylation sites is 2. The number of amides is 4. The minimum absolute atomic E-state index is 0.0996. The van der Waals surface area contributed by atoms with Crippen LogP contribution in [0.25, 0.3) is 11.1 Å². The Balaban J connectivity index is 0.000000192. The first-order chi connectivity index (χ1) is 49.6. The summed E-state index contributed by atoms with van der Waals surface area (Å²) in [5, 5.41) is 23.8. The second-order valence-corrected chi connectivity index (χ2v) is 35.0. The van der Waals surface area contributed by atoms with E-state index in [2.05, 4.69) is 0 Å². The molecule has 4 amide bonds. The molecule has 0 spiro atoms. The summed E-state index contributed by atoms with van der Waals surface area (Å²) in [5.74, 6) is -6.39. The van der Waals surface area contributed by atoms with Crippen molar-refractivity contribution >= 4 is 90.4 Å². The van der Waals surface area contributed by atoms with E-state index in [1.54, 1.807) is 159 Å². The van der Waals surface area contributed by atoms with Crippen LogP contribution < -0.4 is 8.61 Å². The maximum atomic E-state index is 15.7. The van der Waals surface area contributed by atoms with Crippen molar-refractivity contribution in [1.82, 2.24) is 19.6 Å². The highest BCUT2D eigenvalue weighted by Gasteiger charge is 2.86. The third kappa shape index (κ3) is 11.0. The molecule has 0 bridgehead atoms. The second-order valence-electron chi connectivity index (χ2n) is 31.3. The smallest absolute Gasteiger partial charge is 0.431 e. The van der Waals surface area contributed by atoms with Crippen LogP contribution in [0.15, 0.2) is 180 Å². The number of piperazine rings is 2. The van der Waals surface area contributed by atoms with Crippen LogP contribution in [-0.2, 0) is 101 Å². The number of anilines is 2. The molecule has 2 aliphatic carbocycles. The van der Waals surface area contributed by atoms with E-state index in [4.69, 9.17) is 28.4 Å². The summed E-state index contributed by atoms with van der Waals surface area (Å²) in [5.41, 5.74) is -9.94. The molecule has 4 fully saturated rings. The average molecular weight is 1490 g/mol. The molecule has 4 saturated heterocycles. The number of nitrogens with zero attached hydrogens (tertiary/aromatic N) is 6. The first-order valence-corrected chi connectivity index (χ1v) is 37.3. The lowest BCUT2D eigenvalue weighted by Crippen LogP contribution is -2.76. The number of aliphatic hydroxyl groups is 2. The molecule has 8 aliphatic rings. The molecule has 10 atom stereocenters. The van der Waals surface area contributed by atoms with Crippen LogP contribution in [0.2, 0.25) is 0 Å². The number of ether oxygens (including phenoxy) is 6. The lowest BCUT2D eigenvalue weighted by Gasteiger charge is -2.49. The second kappa shape index (κ2) is 25.1. The molecule has 6 aromatic carbocycles. The van der Waals surface area contributed by atoms with E-state index in [0.717, 1.165) is 36.6 Å². The quantitative estimate of drug-likeness (QED) is 0.0956. The molecule has 556 valence electrons. The highest BCUT2D eigenvalue weighted by Crippen LogP contribution is 2.69. The monoisotopic (exact) mass is 1490 g/mol. The van der Waals surface area contributed by atoms with Crippen LogP contribution in [0.3, 0.4) is 0 Å². The van der Waals surface area contributed by atoms with Gasteiger partial charge in [0.1, 0.15) is 34.4 Å². The molecule has 6 heterocycles. The molecule has 0 radical (unpaired) electrons. The van der Waals surface area contributed by atoms with E-state index in [-0.39, 0.29) is 32.3 Å². The van der Waals surface area contributed by atoms with E-state index in [0.29, 0.717) is 44.9 Å². The molecular weight excluding hydrogens is 1410 g/mol. The van der Waals surface area contributed by atoms with Crippen LogP contribution in [-0.4, -0.2) is 168 Å². The Hall–Kier alpha value is -10.4. The van der Waals surface area contributed by atoms with Gasteiger partial charge in [-0.3, -0.25) is 43.5 Å². The van der Waals surface area contributed by atoms with Crippen molar-refractivity contribution in [2.45, 2.75) is 176 Å². The predicted molar refractivity (Wildman–Crippen MR) is 382 cm³/mol. The normalized spacial score (nSPS) is 26.4. The predicted octanol–water partition coefficient (Wildman–Crippen LogP) is 8.68. The molecule has 2 N–H and O–H groups in total. The van der Waals surface area contributed by atoms with Crippen molar-refractivity contribution in [2.24, 2.45) is 10.8 Å². The standard InChI is InChI=1S/C44H49N3O11S.C34H33N3O9S/c1-40(2,3)37(50)55-33-32(48)46-35-43(29-25-24-26-18-14-15-21-28(26)29,30-22-16-17-23-31(30)47(35)59(53,54)27-19-12-11-13-20-27)34(56-39(52)58-42(7,8)9)44(46,36(49)45(33)10)57-38(51)41(4,5)6;1-32(2,3)46-31(41)45-28-33(23-19-18-20-12-8-9-15-22(20)23)24-16-10-11-17-25(24)37(47(43,44)21-13-6-5-7-14-21)29(33)36-27(39)26(38)35(4)30(40)34(28,36)42/h11-23,25,33-35H,24H2,1-10H3;5-17,19,26,28-29,38,42H,18H2,1-4H3/t33-,34+,35+,43+,44+;26-,28+,29+,33+,34+/m11/s1. The fraction of sp³-hybridized carbons (Fsp3) is 0.385. The van der Waals surface area contributed by atoms with Gasteiger partial charge in [-0.25, -0.2) is 35.0 Å². The van der Waals surface area contributed by atoms with Gasteiger partial charge in [-0.05, 0) is 177 Å². The molecule has 0 saturated carbocycles. The number of esters is 2. The Morgan fingerprint density at radius 1 is 0.472 bits per heavy atom. The van der Waals surface area contributed by atoms with Crippen molar-refractivity contribution in [2.75, 3.05) is 22.7 Å². The Morgan fingerprint density at radius 3 is 1.31 bits per heavy atom.